The quantitative estimate of drug-likeness (QED) is 0.700. The number of carbonyl (C=O) groups excluding carboxylic acids is 1. The maximum absolute atomic E-state index is 13.4. The number of carbonyl (C=O) groups is 1. The van der Waals surface area contributed by atoms with Gasteiger partial charge in [0.15, 0.2) is 0 Å². The van der Waals surface area contributed by atoms with Crippen molar-refractivity contribution in [3.8, 4) is 0 Å². The lowest BCUT2D eigenvalue weighted by Crippen LogP contribution is -2.26. The van der Waals surface area contributed by atoms with Crippen LogP contribution >= 0.6 is 38.5 Å². The number of halogens is 3. The van der Waals surface area contributed by atoms with E-state index in [2.05, 4.69) is 43.8 Å². The SMILES string of the molecule is O=C(NCCc1ccccc1F)c1cc(Br)ccc1I. The smallest absolute Gasteiger partial charge is 0.252 e. The first-order chi connectivity index (χ1) is 9.58. The van der Waals surface area contributed by atoms with Gasteiger partial charge in [-0.2, -0.15) is 0 Å². The Hall–Kier alpha value is -0.950. The van der Waals surface area contributed by atoms with E-state index in [0.717, 1.165) is 8.04 Å². The zero-order valence-electron chi connectivity index (χ0n) is 10.5. The summed E-state index contributed by atoms with van der Waals surface area (Å²) >= 11 is 5.47. The molecule has 0 saturated heterocycles. The second-order valence-electron chi connectivity index (χ2n) is 4.22. The minimum atomic E-state index is -0.237. The van der Waals surface area contributed by atoms with Crippen molar-refractivity contribution in [2.75, 3.05) is 6.54 Å². The van der Waals surface area contributed by atoms with Crippen LogP contribution in [0.1, 0.15) is 15.9 Å². The van der Waals surface area contributed by atoms with Crippen LogP contribution in [0.5, 0.6) is 0 Å². The third-order valence-electron chi connectivity index (χ3n) is 2.81. The fourth-order valence-electron chi connectivity index (χ4n) is 1.78. The Morgan fingerprint density at radius 3 is 2.75 bits per heavy atom. The highest BCUT2D eigenvalue weighted by Crippen LogP contribution is 2.18. The van der Waals surface area contributed by atoms with Gasteiger partial charge in [-0.1, -0.05) is 34.1 Å². The third kappa shape index (κ3) is 4.02. The Morgan fingerprint density at radius 1 is 1.25 bits per heavy atom. The Labute approximate surface area is 139 Å². The van der Waals surface area contributed by atoms with Crippen molar-refractivity contribution in [1.82, 2.24) is 5.32 Å². The van der Waals surface area contributed by atoms with Crippen molar-refractivity contribution in [1.29, 1.82) is 0 Å². The van der Waals surface area contributed by atoms with Crippen LogP contribution in [0.4, 0.5) is 4.39 Å². The molecule has 0 bridgehead atoms. The molecular formula is C15H12BrFINO. The molecule has 0 aromatic heterocycles. The Bertz CT molecular complexity index is 633. The molecule has 2 aromatic carbocycles. The summed E-state index contributed by atoms with van der Waals surface area (Å²) in [5.74, 6) is -0.383. The zero-order chi connectivity index (χ0) is 14.5. The molecule has 0 aliphatic heterocycles. The Morgan fingerprint density at radius 2 is 2.00 bits per heavy atom. The van der Waals surface area contributed by atoms with E-state index in [4.69, 9.17) is 0 Å². The maximum atomic E-state index is 13.4. The Kier molecular flexibility index (Phi) is 5.54. The van der Waals surface area contributed by atoms with Gasteiger partial charge in [0, 0.05) is 14.6 Å². The number of rotatable bonds is 4. The summed E-state index contributed by atoms with van der Waals surface area (Å²) in [4.78, 5) is 12.1. The predicted octanol–water partition coefficient (Wildman–Crippen LogP) is 4.17. The van der Waals surface area contributed by atoms with E-state index >= 15 is 0 Å². The van der Waals surface area contributed by atoms with Crippen molar-refractivity contribution in [2.24, 2.45) is 0 Å². The second kappa shape index (κ2) is 7.17. The number of nitrogens with one attached hydrogen (secondary N) is 1. The number of hydrogen-bond donors (Lipinski definition) is 1. The van der Waals surface area contributed by atoms with E-state index < -0.39 is 0 Å². The summed E-state index contributed by atoms with van der Waals surface area (Å²) in [6.07, 6.45) is 0.475. The molecule has 0 aliphatic rings. The lowest BCUT2D eigenvalue weighted by molar-refractivity contribution is 0.0953. The maximum Gasteiger partial charge on any atom is 0.252 e. The molecule has 0 heterocycles. The van der Waals surface area contributed by atoms with Crippen LogP contribution in [0.2, 0.25) is 0 Å². The van der Waals surface area contributed by atoms with Crippen molar-refractivity contribution >= 4 is 44.4 Å². The number of amides is 1. The Balaban J connectivity index is 1.96. The molecule has 2 nitrogen and oxygen atoms in total. The van der Waals surface area contributed by atoms with E-state index in [9.17, 15) is 9.18 Å². The fraction of sp³-hybridized carbons (Fsp3) is 0.133. The molecule has 0 fully saturated rings. The lowest BCUT2D eigenvalue weighted by atomic mass is 10.1. The van der Waals surface area contributed by atoms with Gasteiger partial charge in [-0.15, -0.1) is 0 Å². The molecule has 0 aliphatic carbocycles. The largest absolute Gasteiger partial charge is 0.352 e. The van der Waals surface area contributed by atoms with Crippen LogP contribution in [-0.2, 0) is 6.42 Å². The van der Waals surface area contributed by atoms with Crippen LogP contribution < -0.4 is 5.32 Å². The molecule has 20 heavy (non-hydrogen) atoms. The first-order valence-corrected chi connectivity index (χ1v) is 7.92. The molecule has 0 spiro atoms. The summed E-state index contributed by atoms with van der Waals surface area (Å²) in [5, 5.41) is 2.81. The van der Waals surface area contributed by atoms with Crippen molar-refractivity contribution in [3.05, 3.63) is 67.5 Å². The average molecular weight is 448 g/mol. The minimum Gasteiger partial charge on any atom is -0.352 e. The van der Waals surface area contributed by atoms with Crippen LogP contribution in [0.25, 0.3) is 0 Å². The summed E-state index contributed by atoms with van der Waals surface area (Å²) in [6, 6.07) is 12.1. The molecule has 0 unspecified atom stereocenters. The molecule has 5 heteroatoms. The highest BCUT2D eigenvalue weighted by Gasteiger charge is 2.10. The van der Waals surface area contributed by atoms with Gasteiger partial charge in [-0.25, -0.2) is 4.39 Å². The topological polar surface area (TPSA) is 29.1 Å². The molecule has 104 valence electrons. The molecule has 1 amide bonds. The molecular weight excluding hydrogens is 436 g/mol. The summed E-state index contributed by atoms with van der Waals surface area (Å²) in [7, 11) is 0. The van der Waals surface area contributed by atoms with E-state index in [1.54, 1.807) is 24.3 Å². The summed E-state index contributed by atoms with van der Waals surface area (Å²) < 4.78 is 15.2. The van der Waals surface area contributed by atoms with E-state index in [-0.39, 0.29) is 11.7 Å². The molecule has 2 rings (SSSR count). The second-order valence-corrected chi connectivity index (χ2v) is 6.30. The monoisotopic (exact) mass is 447 g/mol. The van der Waals surface area contributed by atoms with E-state index in [1.807, 2.05) is 12.1 Å². The third-order valence-corrected chi connectivity index (χ3v) is 4.24. The zero-order valence-corrected chi connectivity index (χ0v) is 14.2. The van der Waals surface area contributed by atoms with Gasteiger partial charge in [0.25, 0.3) is 5.91 Å². The number of hydrogen-bond acceptors (Lipinski definition) is 1. The predicted molar refractivity (Wildman–Crippen MR) is 89.3 cm³/mol. The first kappa shape index (κ1) is 15.4. The van der Waals surface area contributed by atoms with Crippen LogP contribution in [0, 0.1) is 9.39 Å². The van der Waals surface area contributed by atoms with Crippen molar-refractivity contribution < 1.29 is 9.18 Å². The van der Waals surface area contributed by atoms with Crippen LogP contribution in [-0.4, -0.2) is 12.5 Å². The first-order valence-electron chi connectivity index (χ1n) is 6.04. The van der Waals surface area contributed by atoms with E-state index in [1.165, 1.54) is 6.07 Å². The minimum absolute atomic E-state index is 0.146. The normalized spacial score (nSPS) is 10.3. The fourth-order valence-corrected chi connectivity index (χ4v) is 2.72. The molecule has 0 radical (unpaired) electrons. The lowest BCUT2D eigenvalue weighted by Gasteiger charge is -2.08. The van der Waals surface area contributed by atoms with Crippen molar-refractivity contribution in [2.45, 2.75) is 6.42 Å². The van der Waals surface area contributed by atoms with Crippen LogP contribution in [0.3, 0.4) is 0 Å². The summed E-state index contributed by atoms with van der Waals surface area (Å²) in [6.45, 7) is 0.405. The van der Waals surface area contributed by atoms with E-state index in [0.29, 0.717) is 24.1 Å². The van der Waals surface area contributed by atoms with Gasteiger partial charge in [0.1, 0.15) is 5.82 Å². The van der Waals surface area contributed by atoms with Gasteiger partial charge >= 0.3 is 0 Å². The molecule has 0 atom stereocenters. The van der Waals surface area contributed by atoms with Gasteiger partial charge in [0.2, 0.25) is 0 Å². The molecule has 0 saturated carbocycles. The van der Waals surface area contributed by atoms with Crippen molar-refractivity contribution in [3.63, 3.8) is 0 Å². The molecule has 2 aromatic rings. The molecule has 1 N–H and O–H groups in total. The number of benzene rings is 2. The van der Waals surface area contributed by atoms with Gasteiger partial charge in [-0.05, 0) is 58.8 Å². The van der Waals surface area contributed by atoms with Gasteiger partial charge < -0.3 is 5.32 Å². The van der Waals surface area contributed by atoms with Gasteiger partial charge in [0.05, 0.1) is 5.56 Å². The summed E-state index contributed by atoms with van der Waals surface area (Å²) in [5.41, 5.74) is 1.23. The standard InChI is InChI=1S/C15H12BrFINO/c16-11-5-6-14(18)12(9-11)15(20)19-8-7-10-3-1-2-4-13(10)17/h1-6,9H,7-8H2,(H,19,20). The average Bonchev–Trinajstić information content (AvgIpc) is 2.43. The highest BCUT2D eigenvalue weighted by atomic mass is 127. The highest BCUT2D eigenvalue weighted by molar-refractivity contribution is 14.1. The van der Waals surface area contributed by atoms with Crippen LogP contribution in [0.15, 0.2) is 46.9 Å². The van der Waals surface area contributed by atoms with Gasteiger partial charge in [-0.3, -0.25) is 4.79 Å².